The Bertz CT molecular complexity index is 495. The number of aliphatic hydroxyl groups excluding tert-OH is 1. The highest BCUT2D eigenvalue weighted by atomic mass is 16.3. The Balaban J connectivity index is 2.11. The van der Waals surface area contributed by atoms with Gasteiger partial charge in [0, 0.05) is 18.8 Å². The molecule has 0 aliphatic carbocycles. The molecule has 0 amide bonds. The predicted molar refractivity (Wildman–Crippen MR) is 62.7 cm³/mol. The molecular formula is C13H12N2O2. The van der Waals surface area contributed by atoms with Crippen molar-refractivity contribution in [2.45, 2.75) is 6.42 Å². The largest absolute Gasteiger partial charge is 0.388 e. The summed E-state index contributed by atoms with van der Waals surface area (Å²) >= 11 is 0. The summed E-state index contributed by atoms with van der Waals surface area (Å²) in [5, 5.41) is 8.69. The third-order valence-corrected chi connectivity index (χ3v) is 2.38. The lowest BCUT2D eigenvalue weighted by Crippen LogP contribution is -2.07. The van der Waals surface area contributed by atoms with Gasteiger partial charge in [-0.15, -0.1) is 0 Å². The normalized spacial score (nSPS) is 10.2. The molecule has 1 aromatic carbocycles. The van der Waals surface area contributed by atoms with Crippen LogP contribution in [0.5, 0.6) is 0 Å². The van der Waals surface area contributed by atoms with Gasteiger partial charge in [-0.3, -0.25) is 4.79 Å². The van der Waals surface area contributed by atoms with E-state index in [-0.39, 0.29) is 5.78 Å². The molecule has 0 bridgehead atoms. The van der Waals surface area contributed by atoms with Crippen LogP contribution in [0.3, 0.4) is 0 Å². The summed E-state index contributed by atoms with van der Waals surface area (Å²) in [7, 11) is 0. The van der Waals surface area contributed by atoms with E-state index in [9.17, 15) is 4.79 Å². The Hall–Kier alpha value is -2.07. The van der Waals surface area contributed by atoms with Gasteiger partial charge in [-0.25, -0.2) is 9.97 Å². The van der Waals surface area contributed by atoms with Crippen molar-refractivity contribution in [3.8, 4) is 0 Å². The summed E-state index contributed by atoms with van der Waals surface area (Å²) in [4.78, 5) is 19.4. The summed E-state index contributed by atoms with van der Waals surface area (Å²) < 4.78 is 0. The number of carbonyl (C=O) groups is 1. The SMILES string of the molecule is O=C(CO)c1cnc(Cc2ccccc2)nc1. The molecular weight excluding hydrogens is 216 g/mol. The van der Waals surface area contributed by atoms with E-state index in [0.717, 1.165) is 5.56 Å². The fourth-order valence-electron chi connectivity index (χ4n) is 1.46. The van der Waals surface area contributed by atoms with E-state index in [1.807, 2.05) is 30.3 Å². The highest BCUT2D eigenvalue weighted by Crippen LogP contribution is 2.05. The first-order valence-corrected chi connectivity index (χ1v) is 5.28. The number of benzene rings is 1. The second kappa shape index (κ2) is 5.32. The Kier molecular flexibility index (Phi) is 3.57. The third-order valence-electron chi connectivity index (χ3n) is 2.38. The molecule has 0 unspecified atom stereocenters. The van der Waals surface area contributed by atoms with Crippen LogP contribution in [0, 0.1) is 0 Å². The molecule has 1 N–H and O–H groups in total. The van der Waals surface area contributed by atoms with Crippen molar-refractivity contribution in [1.29, 1.82) is 0 Å². The van der Waals surface area contributed by atoms with Crippen LogP contribution in [-0.4, -0.2) is 27.5 Å². The monoisotopic (exact) mass is 228 g/mol. The first-order chi connectivity index (χ1) is 8.29. The van der Waals surface area contributed by atoms with Gasteiger partial charge in [-0.1, -0.05) is 30.3 Å². The van der Waals surface area contributed by atoms with Crippen molar-refractivity contribution >= 4 is 5.78 Å². The van der Waals surface area contributed by atoms with Crippen LogP contribution in [0.2, 0.25) is 0 Å². The predicted octanol–water partition coefficient (Wildman–Crippen LogP) is 1.24. The first kappa shape index (κ1) is 11.4. The molecule has 0 aliphatic heterocycles. The Morgan fingerprint density at radius 1 is 1.12 bits per heavy atom. The maximum atomic E-state index is 11.2. The molecule has 2 rings (SSSR count). The smallest absolute Gasteiger partial charge is 0.191 e. The number of ketones is 1. The molecule has 86 valence electrons. The number of carbonyl (C=O) groups excluding carboxylic acids is 1. The summed E-state index contributed by atoms with van der Waals surface area (Å²) in [6, 6.07) is 9.86. The number of hydrogen-bond donors (Lipinski definition) is 1. The Labute approximate surface area is 99.0 Å². The van der Waals surface area contributed by atoms with Crippen molar-refractivity contribution in [2.75, 3.05) is 6.61 Å². The van der Waals surface area contributed by atoms with E-state index >= 15 is 0 Å². The molecule has 4 heteroatoms. The first-order valence-electron chi connectivity index (χ1n) is 5.28. The molecule has 0 atom stereocenters. The molecule has 1 aromatic heterocycles. The van der Waals surface area contributed by atoms with E-state index < -0.39 is 6.61 Å². The quantitative estimate of drug-likeness (QED) is 0.800. The number of hydrogen-bond acceptors (Lipinski definition) is 4. The lowest BCUT2D eigenvalue weighted by molar-refractivity contribution is 0.0903. The van der Waals surface area contributed by atoms with Gasteiger partial charge in [-0.2, -0.15) is 0 Å². The fraction of sp³-hybridized carbons (Fsp3) is 0.154. The Morgan fingerprint density at radius 3 is 2.35 bits per heavy atom. The van der Waals surface area contributed by atoms with Gasteiger partial charge in [0.05, 0.1) is 5.56 Å². The van der Waals surface area contributed by atoms with Crippen LogP contribution < -0.4 is 0 Å². The molecule has 0 radical (unpaired) electrons. The molecule has 2 aromatic rings. The summed E-state index contributed by atoms with van der Waals surface area (Å²) in [5.74, 6) is 0.293. The van der Waals surface area contributed by atoms with Gasteiger partial charge in [-0.05, 0) is 5.56 Å². The summed E-state index contributed by atoms with van der Waals surface area (Å²) in [6.07, 6.45) is 3.53. The molecule has 0 saturated carbocycles. The van der Waals surface area contributed by atoms with Crippen molar-refractivity contribution in [3.63, 3.8) is 0 Å². The third kappa shape index (κ3) is 2.95. The maximum Gasteiger partial charge on any atom is 0.191 e. The highest BCUT2D eigenvalue weighted by molar-refractivity contribution is 5.96. The number of aliphatic hydroxyl groups is 1. The average molecular weight is 228 g/mol. The second-order valence-electron chi connectivity index (χ2n) is 3.63. The molecule has 17 heavy (non-hydrogen) atoms. The lowest BCUT2D eigenvalue weighted by atomic mass is 10.1. The lowest BCUT2D eigenvalue weighted by Gasteiger charge is -2.01. The van der Waals surface area contributed by atoms with Gasteiger partial charge < -0.3 is 5.11 Å². The van der Waals surface area contributed by atoms with Gasteiger partial charge in [0.15, 0.2) is 5.78 Å². The highest BCUT2D eigenvalue weighted by Gasteiger charge is 2.05. The minimum absolute atomic E-state index is 0.337. The zero-order valence-corrected chi connectivity index (χ0v) is 9.21. The molecule has 0 saturated heterocycles. The molecule has 1 heterocycles. The van der Waals surface area contributed by atoms with Crippen molar-refractivity contribution < 1.29 is 9.90 Å². The molecule has 0 spiro atoms. The summed E-state index contributed by atoms with van der Waals surface area (Å²) in [5.41, 5.74) is 1.46. The van der Waals surface area contributed by atoms with Crippen LogP contribution in [0.25, 0.3) is 0 Å². The summed E-state index contributed by atoms with van der Waals surface area (Å²) in [6.45, 7) is -0.513. The van der Waals surface area contributed by atoms with Crippen LogP contribution in [-0.2, 0) is 6.42 Å². The number of nitrogens with zero attached hydrogens (tertiary/aromatic N) is 2. The number of rotatable bonds is 4. The second-order valence-corrected chi connectivity index (χ2v) is 3.63. The van der Waals surface area contributed by atoms with E-state index in [4.69, 9.17) is 5.11 Å². The van der Waals surface area contributed by atoms with Crippen LogP contribution >= 0.6 is 0 Å². The average Bonchev–Trinajstić information content (AvgIpc) is 2.40. The molecule has 0 aliphatic rings. The zero-order chi connectivity index (χ0) is 12.1. The van der Waals surface area contributed by atoms with Crippen LogP contribution in [0.15, 0.2) is 42.7 Å². The number of Topliss-reactive ketones (excluding diaryl/α,β-unsaturated/α-hetero) is 1. The van der Waals surface area contributed by atoms with Crippen molar-refractivity contribution in [3.05, 3.63) is 59.7 Å². The minimum Gasteiger partial charge on any atom is -0.388 e. The standard InChI is InChI=1S/C13H12N2O2/c16-9-12(17)11-7-14-13(15-8-11)6-10-4-2-1-3-5-10/h1-5,7-8,16H,6,9H2. The molecule has 0 fully saturated rings. The fourth-order valence-corrected chi connectivity index (χ4v) is 1.46. The van der Waals surface area contributed by atoms with Gasteiger partial charge in [0.1, 0.15) is 12.4 Å². The van der Waals surface area contributed by atoms with Crippen molar-refractivity contribution in [2.24, 2.45) is 0 Å². The van der Waals surface area contributed by atoms with Gasteiger partial charge in [0.2, 0.25) is 0 Å². The van der Waals surface area contributed by atoms with Crippen LogP contribution in [0.4, 0.5) is 0 Å². The molecule has 4 nitrogen and oxygen atoms in total. The van der Waals surface area contributed by atoms with E-state index in [1.54, 1.807) is 0 Å². The van der Waals surface area contributed by atoms with Gasteiger partial charge >= 0.3 is 0 Å². The topological polar surface area (TPSA) is 63.1 Å². The maximum absolute atomic E-state index is 11.2. The van der Waals surface area contributed by atoms with Gasteiger partial charge in [0.25, 0.3) is 0 Å². The van der Waals surface area contributed by atoms with Crippen molar-refractivity contribution in [1.82, 2.24) is 9.97 Å². The minimum atomic E-state index is -0.513. The van der Waals surface area contributed by atoms with Crippen LogP contribution in [0.1, 0.15) is 21.7 Å². The Morgan fingerprint density at radius 2 is 1.76 bits per heavy atom. The van der Waals surface area contributed by atoms with E-state index in [1.165, 1.54) is 12.4 Å². The van der Waals surface area contributed by atoms with E-state index in [0.29, 0.717) is 17.8 Å². The zero-order valence-electron chi connectivity index (χ0n) is 9.21. The van der Waals surface area contributed by atoms with E-state index in [2.05, 4.69) is 9.97 Å². The number of aromatic nitrogens is 2.